The number of nitrogens with zero attached hydrogens (tertiary/aromatic N) is 3. The van der Waals surface area contributed by atoms with E-state index in [0.717, 1.165) is 42.5 Å². The Bertz CT molecular complexity index is 1090. The summed E-state index contributed by atoms with van der Waals surface area (Å²) in [6.45, 7) is 1.55. The van der Waals surface area contributed by atoms with Gasteiger partial charge in [0.2, 0.25) is 0 Å². The molecule has 0 radical (unpaired) electrons. The van der Waals surface area contributed by atoms with Crippen molar-refractivity contribution in [3.63, 3.8) is 0 Å². The number of likely N-dealkylation sites (tertiary alicyclic amines) is 1. The first-order chi connectivity index (χ1) is 13.9. The van der Waals surface area contributed by atoms with Gasteiger partial charge in [0.05, 0.1) is 5.52 Å². The molecule has 2 aromatic carbocycles. The maximum Gasteiger partial charge on any atom is 0.324 e. The van der Waals surface area contributed by atoms with Crippen LogP contribution >= 0.6 is 11.6 Å². The van der Waals surface area contributed by atoms with E-state index in [0.29, 0.717) is 10.9 Å². The number of rotatable bonds is 2. The predicted molar refractivity (Wildman–Crippen MR) is 113 cm³/mol. The van der Waals surface area contributed by atoms with E-state index >= 15 is 0 Å². The minimum Gasteiger partial charge on any atom is -0.323 e. The van der Waals surface area contributed by atoms with Gasteiger partial charge in [-0.15, -0.1) is 0 Å². The molecule has 2 fully saturated rings. The standard InChI is InChI=1S/C23H21ClFN3O/c1-27(18-5-2-16(24)3-6-18)22(29)28-13-23(14-28)11-15(12-23)19-8-9-26-21-7-4-17(25)10-20(19)21/h2-10,15H,11-14H2,1H3. The van der Waals surface area contributed by atoms with Crippen LogP contribution in [0.1, 0.15) is 24.3 Å². The average molecular weight is 410 g/mol. The molecule has 4 nitrogen and oxygen atoms in total. The lowest BCUT2D eigenvalue weighted by molar-refractivity contribution is -0.0452. The van der Waals surface area contributed by atoms with Gasteiger partial charge in [-0.1, -0.05) is 11.6 Å². The molecule has 0 unspecified atom stereocenters. The van der Waals surface area contributed by atoms with Gasteiger partial charge >= 0.3 is 6.03 Å². The van der Waals surface area contributed by atoms with Crippen molar-refractivity contribution in [2.24, 2.45) is 5.41 Å². The summed E-state index contributed by atoms with van der Waals surface area (Å²) in [5.74, 6) is 0.167. The SMILES string of the molecule is CN(C(=O)N1CC2(CC(c3ccnc4ccc(F)cc34)C2)C1)c1ccc(Cl)cc1. The highest BCUT2D eigenvalue weighted by Gasteiger charge is 2.54. The molecule has 1 aliphatic heterocycles. The maximum atomic E-state index is 13.7. The molecule has 1 spiro atoms. The third kappa shape index (κ3) is 3.14. The van der Waals surface area contributed by atoms with Crippen molar-refractivity contribution in [3.05, 3.63) is 71.1 Å². The van der Waals surface area contributed by atoms with E-state index in [4.69, 9.17) is 11.6 Å². The summed E-state index contributed by atoms with van der Waals surface area (Å²) >= 11 is 5.93. The van der Waals surface area contributed by atoms with Crippen molar-refractivity contribution in [2.75, 3.05) is 25.0 Å². The molecule has 29 heavy (non-hydrogen) atoms. The van der Waals surface area contributed by atoms with Crippen molar-refractivity contribution in [2.45, 2.75) is 18.8 Å². The minimum atomic E-state index is -0.230. The number of hydrogen-bond donors (Lipinski definition) is 0. The molecular formula is C23H21ClFN3O. The number of benzene rings is 2. The Morgan fingerprint density at radius 3 is 2.62 bits per heavy atom. The second kappa shape index (κ2) is 6.70. The summed E-state index contributed by atoms with van der Waals surface area (Å²) in [5, 5.41) is 1.56. The van der Waals surface area contributed by atoms with Gasteiger partial charge in [0.1, 0.15) is 5.82 Å². The summed E-state index contributed by atoms with van der Waals surface area (Å²) in [5.41, 5.74) is 3.03. The Labute approximate surface area is 173 Å². The first-order valence-electron chi connectivity index (χ1n) is 9.77. The van der Waals surface area contributed by atoms with Crippen LogP contribution in [-0.2, 0) is 0 Å². The number of carbonyl (C=O) groups is 1. The van der Waals surface area contributed by atoms with Crippen molar-refractivity contribution in [1.82, 2.24) is 9.88 Å². The summed E-state index contributed by atoms with van der Waals surface area (Å²) in [4.78, 5) is 20.7. The van der Waals surface area contributed by atoms with Crippen LogP contribution < -0.4 is 4.90 Å². The minimum absolute atomic E-state index is 0.0119. The highest BCUT2D eigenvalue weighted by atomic mass is 35.5. The van der Waals surface area contributed by atoms with Crippen LogP contribution in [-0.4, -0.2) is 36.1 Å². The molecule has 1 aromatic heterocycles. The number of hydrogen-bond acceptors (Lipinski definition) is 2. The Morgan fingerprint density at radius 2 is 1.90 bits per heavy atom. The summed E-state index contributed by atoms with van der Waals surface area (Å²) in [7, 11) is 1.79. The molecule has 0 atom stereocenters. The third-order valence-electron chi connectivity index (χ3n) is 6.36. The molecular weight excluding hydrogens is 389 g/mol. The molecule has 3 aromatic rings. The Morgan fingerprint density at radius 1 is 1.17 bits per heavy atom. The number of fused-ring (bicyclic) bond motifs is 1. The van der Waals surface area contributed by atoms with Gasteiger partial charge in [0.15, 0.2) is 0 Å². The van der Waals surface area contributed by atoms with Gasteiger partial charge in [0, 0.05) is 47.8 Å². The van der Waals surface area contributed by atoms with E-state index in [1.54, 1.807) is 42.4 Å². The fourth-order valence-electron chi connectivity index (χ4n) is 4.85. The molecule has 5 rings (SSSR count). The van der Waals surface area contributed by atoms with E-state index in [1.165, 1.54) is 11.6 Å². The molecule has 2 amide bonds. The lowest BCUT2D eigenvalue weighted by Gasteiger charge is -2.59. The van der Waals surface area contributed by atoms with E-state index in [9.17, 15) is 9.18 Å². The number of aromatic nitrogens is 1. The molecule has 0 bridgehead atoms. The molecule has 6 heteroatoms. The lowest BCUT2D eigenvalue weighted by atomic mass is 9.56. The third-order valence-corrected chi connectivity index (χ3v) is 6.61. The van der Waals surface area contributed by atoms with E-state index in [2.05, 4.69) is 4.98 Å². The topological polar surface area (TPSA) is 36.4 Å². The largest absolute Gasteiger partial charge is 0.324 e. The molecule has 1 aliphatic carbocycles. The second-order valence-electron chi connectivity index (χ2n) is 8.34. The highest BCUT2D eigenvalue weighted by molar-refractivity contribution is 6.30. The van der Waals surface area contributed by atoms with Crippen LogP contribution in [0, 0.1) is 11.2 Å². The first kappa shape index (κ1) is 18.4. The fraction of sp³-hybridized carbons (Fsp3) is 0.304. The van der Waals surface area contributed by atoms with Crippen molar-refractivity contribution < 1.29 is 9.18 Å². The summed E-state index contributed by atoms with van der Waals surface area (Å²) in [6.07, 6.45) is 3.85. The fourth-order valence-corrected chi connectivity index (χ4v) is 4.97. The molecule has 1 saturated carbocycles. The van der Waals surface area contributed by atoms with Crippen molar-refractivity contribution in [1.29, 1.82) is 0 Å². The quantitative estimate of drug-likeness (QED) is 0.563. The van der Waals surface area contributed by atoms with Crippen LogP contribution in [0.25, 0.3) is 10.9 Å². The molecule has 1 saturated heterocycles. The second-order valence-corrected chi connectivity index (χ2v) is 8.78. The van der Waals surface area contributed by atoms with Crippen LogP contribution in [0.4, 0.5) is 14.9 Å². The molecule has 148 valence electrons. The Hall–Kier alpha value is -2.66. The number of amides is 2. The van der Waals surface area contributed by atoms with Crippen molar-refractivity contribution in [3.8, 4) is 0 Å². The highest BCUT2D eigenvalue weighted by Crippen LogP contribution is 2.57. The van der Waals surface area contributed by atoms with Crippen LogP contribution in [0.15, 0.2) is 54.7 Å². The number of halogens is 2. The van der Waals surface area contributed by atoms with E-state index in [-0.39, 0.29) is 17.3 Å². The van der Waals surface area contributed by atoms with Crippen LogP contribution in [0.3, 0.4) is 0 Å². The number of carbonyl (C=O) groups excluding carboxylic acids is 1. The number of urea groups is 1. The Kier molecular flexibility index (Phi) is 4.24. The zero-order valence-corrected chi connectivity index (χ0v) is 16.9. The lowest BCUT2D eigenvalue weighted by Crippen LogP contribution is -2.65. The summed E-state index contributed by atoms with van der Waals surface area (Å²) in [6, 6.07) is 14.1. The number of pyridine rings is 1. The van der Waals surface area contributed by atoms with Crippen molar-refractivity contribution >= 4 is 34.2 Å². The summed E-state index contributed by atoms with van der Waals surface area (Å²) < 4.78 is 13.7. The Balaban J connectivity index is 1.24. The maximum absolute atomic E-state index is 13.7. The van der Waals surface area contributed by atoms with Crippen LogP contribution in [0.5, 0.6) is 0 Å². The van der Waals surface area contributed by atoms with Gasteiger partial charge in [-0.3, -0.25) is 9.88 Å². The predicted octanol–water partition coefficient (Wildman–Crippen LogP) is 5.46. The average Bonchev–Trinajstić information content (AvgIpc) is 2.66. The van der Waals surface area contributed by atoms with Gasteiger partial charge < -0.3 is 4.90 Å². The monoisotopic (exact) mass is 409 g/mol. The zero-order chi connectivity index (χ0) is 20.2. The van der Waals surface area contributed by atoms with Crippen LogP contribution in [0.2, 0.25) is 5.02 Å². The van der Waals surface area contributed by atoms with E-state index in [1.807, 2.05) is 23.1 Å². The molecule has 2 aliphatic rings. The zero-order valence-electron chi connectivity index (χ0n) is 16.1. The molecule has 2 heterocycles. The van der Waals surface area contributed by atoms with Gasteiger partial charge in [-0.2, -0.15) is 0 Å². The van der Waals surface area contributed by atoms with Gasteiger partial charge in [-0.25, -0.2) is 9.18 Å². The normalized spacial score (nSPS) is 17.8. The van der Waals surface area contributed by atoms with Gasteiger partial charge in [0.25, 0.3) is 0 Å². The molecule has 0 N–H and O–H groups in total. The smallest absolute Gasteiger partial charge is 0.323 e. The first-order valence-corrected chi connectivity index (χ1v) is 10.1. The van der Waals surface area contributed by atoms with E-state index < -0.39 is 0 Å². The van der Waals surface area contributed by atoms with Gasteiger partial charge in [-0.05, 0) is 72.9 Å². The number of anilines is 1.